The van der Waals surface area contributed by atoms with Crippen LogP contribution in [0.2, 0.25) is 0 Å². The van der Waals surface area contributed by atoms with Gasteiger partial charge in [-0.2, -0.15) is 4.98 Å². The fourth-order valence-corrected chi connectivity index (χ4v) is 2.45. The Morgan fingerprint density at radius 1 is 1.61 bits per heavy atom. The quantitative estimate of drug-likeness (QED) is 0.837. The van der Waals surface area contributed by atoms with Crippen LogP contribution in [0.5, 0.6) is 5.88 Å². The third kappa shape index (κ3) is 2.36. The summed E-state index contributed by atoms with van der Waals surface area (Å²) < 4.78 is 7.31. The predicted octanol–water partition coefficient (Wildman–Crippen LogP) is 1.65. The van der Waals surface area contributed by atoms with Crippen molar-refractivity contribution in [1.82, 2.24) is 14.7 Å². The minimum atomic E-state index is -0.273. The van der Waals surface area contributed by atoms with Gasteiger partial charge in [-0.05, 0) is 13.3 Å². The minimum absolute atomic E-state index is 0.109. The van der Waals surface area contributed by atoms with Crippen LogP contribution < -0.4 is 10.1 Å². The summed E-state index contributed by atoms with van der Waals surface area (Å²) in [5.41, 5.74) is 0.715. The number of aliphatic hydroxyl groups excluding tert-OH is 1. The zero-order valence-electron chi connectivity index (χ0n) is 10.9. The number of imidazole rings is 1. The largest absolute Gasteiger partial charge is 0.480 e. The number of aromatic nitrogens is 2. The highest BCUT2D eigenvalue weighted by molar-refractivity contribution is 7.15. The Morgan fingerprint density at radius 3 is 3.00 bits per heavy atom. The monoisotopic (exact) mass is 269 g/mol. The van der Waals surface area contributed by atoms with Crippen LogP contribution in [0, 0.1) is 0 Å². The molecule has 0 radical (unpaired) electrons. The molecule has 0 aliphatic heterocycles. The fourth-order valence-electron chi connectivity index (χ4n) is 1.73. The minimum Gasteiger partial charge on any atom is -0.480 e. The Bertz CT molecular complexity index is 516. The van der Waals surface area contributed by atoms with Gasteiger partial charge < -0.3 is 15.2 Å². The van der Waals surface area contributed by atoms with Crippen molar-refractivity contribution in [2.75, 3.05) is 13.7 Å². The summed E-state index contributed by atoms with van der Waals surface area (Å²) in [4.78, 5) is 5.32. The van der Waals surface area contributed by atoms with Crippen LogP contribution in [0.4, 0.5) is 0 Å². The first-order valence-electron chi connectivity index (χ1n) is 5.98. The summed E-state index contributed by atoms with van der Waals surface area (Å²) in [6, 6.07) is 0. The van der Waals surface area contributed by atoms with E-state index in [-0.39, 0.29) is 12.1 Å². The molecule has 0 saturated heterocycles. The van der Waals surface area contributed by atoms with E-state index in [1.807, 2.05) is 22.9 Å². The maximum Gasteiger partial charge on any atom is 0.237 e. The third-order valence-electron chi connectivity index (χ3n) is 3.33. The summed E-state index contributed by atoms with van der Waals surface area (Å²) in [5.74, 6) is 0.644. The van der Waals surface area contributed by atoms with Crippen molar-refractivity contribution in [2.24, 2.45) is 0 Å². The third-order valence-corrected chi connectivity index (χ3v) is 4.09. The molecule has 2 aromatic heterocycles. The van der Waals surface area contributed by atoms with Gasteiger partial charge in [0.1, 0.15) is 5.69 Å². The Balaban J connectivity index is 2.22. The summed E-state index contributed by atoms with van der Waals surface area (Å²) in [6.45, 7) is 4.78. The number of nitrogens with one attached hydrogen (secondary N) is 1. The van der Waals surface area contributed by atoms with E-state index in [9.17, 15) is 5.11 Å². The molecule has 5 nitrogen and oxygen atoms in total. The SMILES string of the molecule is CCC(C)(CO)NCc1c(OC)nc2sccn12. The van der Waals surface area contributed by atoms with Crippen molar-refractivity contribution >= 4 is 16.3 Å². The molecule has 0 saturated carbocycles. The number of nitrogens with zero attached hydrogens (tertiary/aromatic N) is 2. The number of rotatable bonds is 6. The van der Waals surface area contributed by atoms with E-state index < -0.39 is 0 Å². The van der Waals surface area contributed by atoms with Crippen LogP contribution in [0.25, 0.3) is 4.96 Å². The highest BCUT2D eigenvalue weighted by Gasteiger charge is 2.22. The number of fused-ring (bicyclic) bond motifs is 1. The summed E-state index contributed by atoms with van der Waals surface area (Å²) in [6.07, 6.45) is 2.84. The second-order valence-corrected chi connectivity index (χ2v) is 5.42. The van der Waals surface area contributed by atoms with Gasteiger partial charge in [0.25, 0.3) is 0 Å². The lowest BCUT2D eigenvalue weighted by Gasteiger charge is -2.27. The molecule has 2 rings (SSSR count). The van der Waals surface area contributed by atoms with Crippen molar-refractivity contribution in [3.05, 3.63) is 17.3 Å². The van der Waals surface area contributed by atoms with Gasteiger partial charge in [-0.25, -0.2) is 0 Å². The van der Waals surface area contributed by atoms with Crippen LogP contribution in [0.1, 0.15) is 26.0 Å². The maximum absolute atomic E-state index is 9.40. The Morgan fingerprint density at radius 2 is 2.39 bits per heavy atom. The molecule has 0 fully saturated rings. The molecule has 100 valence electrons. The van der Waals surface area contributed by atoms with Gasteiger partial charge >= 0.3 is 0 Å². The van der Waals surface area contributed by atoms with Crippen molar-refractivity contribution in [1.29, 1.82) is 0 Å². The summed E-state index contributed by atoms with van der Waals surface area (Å²) in [5, 5.41) is 14.8. The van der Waals surface area contributed by atoms with Crippen LogP contribution in [-0.2, 0) is 6.54 Å². The van der Waals surface area contributed by atoms with E-state index in [4.69, 9.17) is 4.74 Å². The number of thiazole rings is 1. The van der Waals surface area contributed by atoms with Gasteiger partial charge in [0.05, 0.1) is 13.7 Å². The molecule has 1 unspecified atom stereocenters. The lowest BCUT2D eigenvalue weighted by molar-refractivity contribution is 0.168. The molecule has 0 aromatic carbocycles. The van der Waals surface area contributed by atoms with Crippen LogP contribution in [-0.4, -0.2) is 33.7 Å². The van der Waals surface area contributed by atoms with Crippen molar-refractivity contribution in [3.63, 3.8) is 0 Å². The Kier molecular flexibility index (Phi) is 3.89. The van der Waals surface area contributed by atoms with Crippen molar-refractivity contribution in [2.45, 2.75) is 32.4 Å². The van der Waals surface area contributed by atoms with Gasteiger partial charge in [-0.15, -0.1) is 11.3 Å². The molecular formula is C12H19N3O2S. The highest BCUT2D eigenvalue weighted by Crippen LogP contribution is 2.23. The molecule has 18 heavy (non-hydrogen) atoms. The van der Waals surface area contributed by atoms with Gasteiger partial charge in [0, 0.05) is 23.7 Å². The number of hydrogen-bond acceptors (Lipinski definition) is 5. The average Bonchev–Trinajstić information content (AvgIpc) is 2.96. The number of methoxy groups -OCH3 is 1. The van der Waals surface area contributed by atoms with E-state index in [1.165, 1.54) is 0 Å². The van der Waals surface area contributed by atoms with E-state index in [0.29, 0.717) is 12.4 Å². The summed E-state index contributed by atoms with van der Waals surface area (Å²) >= 11 is 1.58. The molecule has 0 bridgehead atoms. The second kappa shape index (κ2) is 5.26. The average molecular weight is 269 g/mol. The molecule has 6 heteroatoms. The van der Waals surface area contributed by atoms with E-state index in [0.717, 1.165) is 17.1 Å². The Labute approximate surface area is 110 Å². The molecule has 0 spiro atoms. The molecule has 0 amide bonds. The first-order valence-corrected chi connectivity index (χ1v) is 6.86. The Hall–Kier alpha value is -1.11. The van der Waals surface area contributed by atoms with E-state index in [1.54, 1.807) is 18.4 Å². The normalized spacial score (nSPS) is 14.9. The molecule has 2 heterocycles. The topological polar surface area (TPSA) is 58.8 Å². The van der Waals surface area contributed by atoms with Crippen LogP contribution >= 0.6 is 11.3 Å². The first kappa shape index (κ1) is 13.3. The predicted molar refractivity (Wildman–Crippen MR) is 72.2 cm³/mol. The van der Waals surface area contributed by atoms with Crippen LogP contribution in [0.15, 0.2) is 11.6 Å². The standard InChI is InChI=1S/C12H19N3O2S/c1-4-12(2,8-16)13-7-9-10(17-3)14-11-15(9)5-6-18-11/h5-6,13,16H,4,7-8H2,1-3H3. The molecule has 1 atom stereocenters. The lowest BCUT2D eigenvalue weighted by atomic mass is 10.0. The molecule has 2 N–H and O–H groups in total. The highest BCUT2D eigenvalue weighted by atomic mass is 32.1. The first-order chi connectivity index (χ1) is 8.63. The van der Waals surface area contributed by atoms with Crippen molar-refractivity contribution < 1.29 is 9.84 Å². The van der Waals surface area contributed by atoms with Crippen LogP contribution in [0.3, 0.4) is 0 Å². The maximum atomic E-state index is 9.40. The van der Waals surface area contributed by atoms with Gasteiger partial charge in [-0.3, -0.25) is 4.40 Å². The van der Waals surface area contributed by atoms with Gasteiger partial charge in [-0.1, -0.05) is 6.92 Å². The van der Waals surface area contributed by atoms with Crippen molar-refractivity contribution in [3.8, 4) is 5.88 Å². The lowest BCUT2D eigenvalue weighted by Crippen LogP contribution is -2.44. The summed E-state index contributed by atoms with van der Waals surface area (Å²) in [7, 11) is 1.63. The molecule has 2 aromatic rings. The molecule has 0 aliphatic rings. The van der Waals surface area contributed by atoms with Gasteiger partial charge in [0.15, 0.2) is 4.96 Å². The number of ether oxygens (including phenoxy) is 1. The zero-order chi connectivity index (χ0) is 13.2. The number of aliphatic hydroxyl groups is 1. The van der Waals surface area contributed by atoms with E-state index >= 15 is 0 Å². The molecule has 0 aliphatic carbocycles. The van der Waals surface area contributed by atoms with Gasteiger partial charge in [0.2, 0.25) is 5.88 Å². The smallest absolute Gasteiger partial charge is 0.237 e. The zero-order valence-corrected chi connectivity index (χ0v) is 11.8. The second-order valence-electron chi connectivity index (χ2n) is 4.55. The number of hydrogen-bond donors (Lipinski definition) is 2. The fraction of sp³-hybridized carbons (Fsp3) is 0.583. The van der Waals surface area contributed by atoms with E-state index in [2.05, 4.69) is 17.2 Å². The molecular weight excluding hydrogens is 250 g/mol.